The maximum absolute atomic E-state index is 11.8. The van der Waals surface area contributed by atoms with Crippen molar-refractivity contribution in [2.75, 3.05) is 27.2 Å². The molecular formula is C8H13N3O4S2. The topological polar surface area (TPSA) is 97.4 Å². The number of methoxy groups -OCH3 is 1. The largest absolute Gasteiger partial charge is 0.464 e. The molecule has 0 fully saturated rings. The van der Waals surface area contributed by atoms with Crippen LogP contribution < -0.4 is 10.0 Å². The smallest absolute Gasteiger partial charge is 0.358 e. The van der Waals surface area contributed by atoms with E-state index >= 15 is 0 Å². The van der Waals surface area contributed by atoms with Crippen molar-refractivity contribution < 1.29 is 17.9 Å². The summed E-state index contributed by atoms with van der Waals surface area (Å²) in [5.74, 6) is -0.764. The second kappa shape index (κ2) is 6.05. The lowest BCUT2D eigenvalue weighted by molar-refractivity contribution is 0.0590. The van der Waals surface area contributed by atoms with Crippen molar-refractivity contribution in [2.24, 2.45) is 0 Å². The van der Waals surface area contributed by atoms with Crippen molar-refractivity contribution in [1.29, 1.82) is 0 Å². The standard InChI is InChI=1S/C8H13N3O4S2/c1-9-3-4-11-17(13,14)8-6(7(12)15-2)10-5-16-8/h5,9,11H,3-4H2,1-2H3. The lowest BCUT2D eigenvalue weighted by Gasteiger charge is -2.05. The first-order chi connectivity index (χ1) is 8.03. The van der Waals surface area contributed by atoms with Crippen LogP contribution in [-0.2, 0) is 14.8 Å². The molecule has 0 aliphatic rings. The van der Waals surface area contributed by atoms with Gasteiger partial charge < -0.3 is 10.1 Å². The fourth-order valence-electron chi connectivity index (χ4n) is 1.03. The van der Waals surface area contributed by atoms with E-state index in [1.807, 2.05) is 0 Å². The molecule has 0 bridgehead atoms. The molecule has 0 saturated heterocycles. The number of likely N-dealkylation sites (N-methyl/N-ethyl adjacent to an activating group) is 1. The van der Waals surface area contributed by atoms with Crippen LogP contribution in [0.25, 0.3) is 0 Å². The van der Waals surface area contributed by atoms with Gasteiger partial charge >= 0.3 is 5.97 Å². The second-order valence-electron chi connectivity index (χ2n) is 2.98. The van der Waals surface area contributed by atoms with Gasteiger partial charge in [0.25, 0.3) is 10.0 Å². The van der Waals surface area contributed by atoms with E-state index in [0.29, 0.717) is 6.54 Å². The number of ether oxygens (including phenoxy) is 1. The number of esters is 1. The molecule has 2 N–H and O–H groups in total. The van der Waals surface area contributed by atoms with E-state index in [-0.39, 0.29) is 16.4 Å². The predicted molar refractivity (Wildman–Crippen MR) is 62.6 cm³/mol. The normalized spacial score (nSPS) is 11.4. The van der Waals surface area contributed by atoms with E-state index in [1.165, 1.54) is 12.6 Å². The Labute approximate surface area is 103 Å². The van der Waals surface area contributed by atoms with E-state index in [0.717, 1.165) is 11.3 Å². The monoisotopic (exact) mass is 279 g/mol. The highest BCUT2D eigenvalue weighted by atomic mass is 32.2. The molecule has 0 unspecified atom stereocenters. The van der Waals surface area contributed by atoms with Gasteiger partial charge in [0.15, 0.2) is 9.90 Å². The number of nitrogens with zero attached hydrogens (tertiary/aromatic N) is 1. The zero-order valence-electron chi connectivity index (χ0n) is 9.39. The van der Waals surface area contributed by atoms with Gasteiger partial charge in [-0.2, -0.15) is 0 Å². The summed E-state index contributed by atoms with van der Waals surface area (Å²) in [6.45, 7) is 0.725. The average molecular weight is 279 g/mol. The fourth-order valence-corrected chi connectivity index (χ4v) is 3.24. The van der Waals surface area contributed by atoms with E-state index in [4.69, 9.17) is 0 Å². The Balaban J connectivity index is 2.92. The SMILES string of the molecule is CNCCNS(=O)(=O)c1scnc1C(=O)OC. The third-order valence-electron chi connectivity index (χ3n) is 1.82. The van der Waals surface area contributed by atoms with Crippen LogP contribution in [0.2, 0.25) is 0 Å². The van der Waals surface area contributed by atoms with Gasteiger partial charge in [-0.25, -0.2) is 22.9 Å². The summed E-state index contributed by atoms with van der Waals surface area (Å²) in [5, 5.41) is 2.80. The highest BCUT2D eigenvalue weighted by molar-refractivity contribution is 7.91. The number of aromatic nitrogens is 1. The number of sulfonamides is 1. The van der Waals surface area contributed by atoms with E-state index in [2.05, 4.69) is 19.8 Å². The van der Waals surface area contributed by atoms with Gasteiger partial charge in [-0.05, 0) is 7.05 Å². The van der Waals surface area contributed by atoms with Crippen molar-refractivity contribution in [3.8, 4) is 0 Å². The zero-order valence-corrected chi connectivity index (χ0v) is 11.0. The minimum absolute atomic E-state index is 0.125. The number of nitrogens with one attached hydrogen (secondary N) is 2. The minimum atomic E-state index is -3.71. The Morgan fingerprint density at radius 1 is 1.53 bits per heavy atom. The highest BCUT2D eigenvalue weighted by Crippen LogP contribution is 2.20. The molecule has 17 heavy (non-hydrogen) atoms. The molecule has 1 rings (SSSR count). The van der Waals surface area contributed by atoms with Crippen LogP contribution in [-0.4, -0.2) is 46.6 Å². The molecule has 0 spiro atoms. The number of carbonyl (C=O) groups excluding carboxylic acids is 1. The number of rotatable bonds is 6. The van der Waals surface area contributed by atoms with Gasteiger partial charge in [0.1, 0.15) is 0 Å². The summed E-state index contributed by atoms with van der Waals surface area (Å²) >= 11 is 0.875. The minimum Gasteiger partial charge on any atom is -0.464 e. The maximum Gasteiger partial charge on any atom is 0.358 e. The third kappa shape index (κ3) is 3.46. The Hall–Kier alpha value is -1.03. The van der Waals surface area contributed by atoms with E-state index in [9.17, 15) is 13.2 Å². The van der Waals surface area contributed by atoms with Crippen LogP contribution in [0.5, 0.6) is 0 Å². The molecule has 0 aliphatic heterocycles. The van der Waals surface area contributed by atoms with Crippen molar-refractivity contribution in [3.05, 3.63) is 11.2 Å². The van der Waals surface area contributed by atoms with E-state index < -0.39 is 16.0 Å². The van der Waals surface area contributed by atoms with Gasteiger partial charge in [-0.15, -0.1) is 11.3 Å². The summed E-state index contributed by atoms with van der Waals surface area (Å²) in [5.41, 5.74) is 1.10. The fraction of sp³-hybridized carbons (Fsp3) is 0.500. The molecule has 7 nitrogen and oxygen atoms in total. The molecule has 9 heteroatoms. The van der Waals surface area contributed by atoms with Crippen molar-refractivity contribution in [2.45, 2.75) is 4.21 Å². The quantitative estimate of drug-likeness (QED) is 0.534. The van der Waals surface area contributed by atoms with Crippen LogP contribution in [0.4, 0.5) is 0 Å². The first-order valence-corrected chi connectivity index (χ1v) is 7.05. The summed E-state index contributed by atoms with van der Waals surface area (Å²) < 4.78 is 30.4. The molecule has 0 radical (unpaired) electrons. The molecule has 0 amide bonds. The highest BCUT2D eigenvalue weighted by Gasteiger charge is 2.25. The predicted octanol–water partition coefficient (Wildman–Crippen LogP) is -0.573. The van der Waals surface area contributed by atoms with E-state index in [1.54, 1.807) is 7.05 Å². The second-order valence-corrected chi connectivity index (χ2v) is 5.80. The Morgan fingerprint density at radius 2 is 2.24 bits per heavy atom. The average Bonchev–Trinajstić information content (AvgIpc) is 2.78. The van der Waals surface area contributed by atoms with Crippen LogP contribution >= 0.6 is 11.3 Å². The summed E-state index contributed by atoms with van der Waals surface area (Å²) in [6.07, 6.45) is 0. The molecular weight excluding hydrogens is 266 g/mol. The van der Waals surface area contributed by atoms with Gasteiger partial charge in [0.05, 0.1) is 12.6 Å². The number of thiazole rings is 1. The first kappa shape index (κ1) is 14.0. The number of hydrogen-bond acceptors (Lipinski definition) is 7. The first-order valence-electron chi connectivity index (χ1n) is 4.69. The molecule has 0 saturated carbocycles. The van der Waals surface area contributed by atoms with Gasteiger partial charge in [-0.3, -0.25) is 0 Å². The van der Waals surface area contributed by atoms with Gasteiger partial charge in [0, 0.05) is 13.1 Å². The zero-order chi connectivity index (χ0) is 12.9. The van der Waals surface area contributed by atoms with Crippen LogP contribution in [0, 0.1) is 0 Å². The molecule has 1 aromatic heterocycles. The van der Waals surface area contributed by atoms with Crippen molar-refractivity contribution in [1.82, 2.24) is 15.0 Å². The molecule has 0 atom stereocenters. The van der Waals surface area contributed by atoms with Crippen LogP contribution in [0.1, 0.15) is 10.5 Å². The van der Waals surface area contributed by atoms with Gasteiger partial charge in [0.2, 0.25) is 0 Å². The number of carbonyl (C=O) groups is 1. The molecule has 96 valence electrons. The van der Waals surface area contributed by atoms with Crippen molar-refractivity contribution in [3.63, 3.8) is 0 Å². The Kier molecular flexibility index (Phi) is 5.00. The lowest BCUT2D eigenvalue weighted by atomic mass is 10.5. The van der Waals surface area contributed by atoms with Gasteiger partial charge in [-0.1, -0.05) is 0 Å². The third-order valence-corrected chi connectivity index (χ3v) is 4.66. The van der Waals surface area contributed by atoms with Crippen LogP contribution in [0.3, 0.4) is 0 Å². The summed E-state index contributed by atoms with van der Waals surface area (Å²) in [7, 11) is -0.827. The molecule has 1 heterocycles. The van der Waals surface area contributed by atoms with Crippen molar-refractivity contribution >= 4 is 27.3 Å². The maximum atomic E-state index is 11.8. The van der Waals surface area contributed by atoms with Crippen LogP contribution in [0.15, 0.2) is 9.72 Å². The lowest BCUT2D eigenvalue weighted by Crippen LogP contribution is -2.31. The summed E-state index contributed by atoms with van der Waals surface area (Å²) in [6, 6.07) is 0. The summed E-state index contributed by atoms with van der Waals surface area (Å²) in [4.78, 5) is 15.0. The molecule has 0 aliphatic carbocycles. The Bertz CT molecular complexity index is 483. The number of hydrogen-bond donors (Lipinski definition) is 2. The molecule has 1 aromatic rings. The Morgan fingerprint density at radius 3 is 2.82 bits per heavy atom. The molecule has 0 aromatic carbocycles.